The molecule has 2 atom stereocenters. The molecule has 0 radical (unpaired) electrons. The van der Waals surface area contributed by atoms with Crippen LogP contribution < -0.4 is 9.80 Å². The molecule has 0 unspecified atom stereocenters. The summed E-state index contributed by atoms with van der Waals surface area (Å²) >= 11 is 0. The number of hydrogen-bond acceptors (Lipinski definition) is 3. The van der Waals surface area contributed by atoms with Gasteiger partial charge in [0.05, 0.1) is 5.41 Å². The molecule has 3 nitrogen and oxygen atoms in total. The molecule has 37 heavy (non-hydrogen) atoms. The van der Waals surface area contributed by atoms with E-state index in [2.05, 4.69) is 123 Å². The average Bonchev–Trinajstić information content (AvgIpc) is 3.58. The Labute approximate surface area is 219 Å². The molecule has 1 saturated carbocycles. The second-order valence-electron chi connectivity index (χ2n) is 10.7. The van der Waals surface area contributed by atoms with Gasteiger partial charge in [-0.1, -0.05) is 84.9 Å². The van der Waals surface area contributed by atoms with Crippen LogP contribution in [-0.4, -0.2) is 34.0 Å². The Kier molecular flexibility index (Phi) is 5.34. The van der Waals surface area contributed by atoms with E-state index < -0.39 is 10.8 Å². The van der Waals surface area contributed by atoms with Crippen molar-refractivity contribution in [3.8, 4) is 0 Å². The van der Waals surface area contributed by atoms with Crippen LogP contribution in [0.2, 0.25) is 0 Å². The number of hydrogen-bond donors (Lipinski definition) is 0. The Balaban J connectivity index is 1.65. The summed E-state index contributed by atoms with van der Waals surface area (Å²) in [6, 6.07) is 38.1. The van der Waals surface area contributed by atoms with Gasteiger partial charge in [-0.3, -0.25) is 4.79 Å². The van der Waals surface area contributed by atoms with E-state index in [-0.39, 0.29) is 5.78 Å². The van der Waals surface area contributed by atoms with Crippen LogP contribution in [0.3, 0.4) is 0 Å². The summed E-state index contributed by atoms with van der Waals surface area (Å²) in [4.78, 5) is 18.9. The molecule has 0 N–H and O–H groups in total. The summed E-state index contributed by atoms with van der Waals surface area (Å²) in [5.41, 5.74) is 7.69. The second kappa shape index (κ2) is 8.48. The van der Waals surface area contributed by atoms with Gasteiger partial charge in [-0.2, -0.15) is 0 Å². The predicted molar refractivity (Wildman–Crippen MR) is 154 cm³/mol. The van der Waals surface area contributed by atoms with Crippen molar-refractivity contribution in [3.63, 3.8) is 0 Å². The van der Waals surface area contributed by atoms with Crippen LogP contribution in [0.15, 0.2) is 109 Å². The highest BCUT2D eigenvalue weighted by Gasteiger charge is 2.79. The Bertz CT molecular complexity index is 1490. The number of benzene rings is 4. The van der Waals surface area contributed by atoms with Gasteiger partial charge in [-0.15, -0.1) is 0 Å². The van der Waals surface area contributed by atoms with E-state index in [4.69, 9.17) is 0 Å². The summed E-state index contributed by atoms with van der Waals surface area (Å²) in [6.07, 6.45) is 0.783. The maximum absolute atomic E-state index is 14.7. The van der Waals surface area contributed by atoms with E-state index in [1.54, 1.807) is 0 Å². The van der Waals surface area contributed by atoms with Crippen molar-refractivity contribution in [2.75, 3.05) is 38.0 Å². The fourth-order valence-electron chi connectivity index (χ4n) is 6.41. The first kappa shape index (κ1) is 23.3. The smallest absolute Gasteiger partial charge is 0.175 e. The van der Waals surface area contributed by atoms with E-state index in [1.165, 1.54) is 5.56 Å². The van der Waals surface area contributed by atoms with Gasteiger partial charge < -0.3 is 9.80 Å². The largest absolute Gasteiger partial charge is 0.378 e. The highest BCUT2D eigenvalue weighted by Crippen LogP contribution is 2.77. The fraction of sp³-hybridized carbons (Fsp3) is 0.206. The Hall–Kier alpha value is -4.11. The Morgan fingerprint density at radius 3 is 1.57 bits per heavy atom. The van der Waals surface area contributed by atoms with Crippen LogP contribution in [0.5, 0.6) is 0 Å². The normalized spacial score (nSPS) is 22.1. The maximum atomic E-state index is 14.7. The van der Waals surface area contributed by atoms with Crippen LogP contribution in [0.4, 0.5) is 11.4 Å². The average molecular weight is 485 g/mol. The zero-order chi connectivity index (χ0) is 25.8. The first-order valence-corrected chi connectivity index (χ1v) is 12.9. The van der Waals surface area contributed by atoms with Gasteiger partial charge in [0.15, 0.2) is 5.78 Å². The zero-order valence-corrected chi connectivity index (χ0v) is 21.9. The van der Waals surface area contributed by atoms with Gasteiger partial charge in [0, 0.05) is 50.6 Å². The lowest BCUT2D eigenvalue weighted by Gasteiger charge is -2.24. The summed E-state index contributed by atoms with van der Waals surface area (Å²) in [5.74, 6) is 0.230. The predicted octanol–water partition coefficient (Wildman–Crippen LogP) is 6.59. The number of ketones is 1. The second-order valence-corrected chi connectivity index (χ2v) is 10.7. The van der Waals surface area contributed by atoms with Gasteiger partial charge in [0.25, 0.3) is 0 Å². The molecule has 2 aliphatic carbocycles. The molecule has 0 aliphatic heterocycles. The molecule has 0 amide bonds. The third-order valence-corrected chi connectivity index (χ3v) is 8.30. The van der Waals surface area contributed by atoms with Gasteiger partial charge in [-0.05, 0) is 58.5 Å². The van der Waals surface area contributed by atoms with Gasteiger partial charge >= 0.3 is 0 Å². The fourth-order valence-corrected chi connectivity index (χ4v) is 6.41. The molecule has 0 bridgehead atoms. The Morgan fingerprint density at radius 1 is 0.541 bits per heavy atom. The van der Waals surface area contributed by atoms with Gasteiger partial charge in [-0.25, -0.2) is 0 Å². The van der Waals surface area contributed by atoms with E-state index >= 15 is 0 Å². The maximum Gasteiger partial charge on any atom is 0.175 e. The number of nitrogens with zero attached hydrogens (tertiary/aromatic N) is 2. The summed E-state index contributed by atoms with van der Waals surface area (Å²) in [7, 11) is 8.22. The van der Waals surface area contributed by atoms with Crippen molar-refractivity contribution in [2.45, 2.75) is 17.3 Å². The van der Waals surface area contributed by atoms with Crippen LogP contribution in [-0.2, 0) is 15.6 Å². The minimum atomic E-state index is -0.603. The van der Waals surface area contributed by atoms with Crippen molar-refractivity contribution in [1.29, 1.82) is 0 Å². The summed E-state index contributed by atoms with van der Waals surface area (Å²) < 4.78 is 0. The van der Waals surface area contributed by atoms with Crippen LogP contribution in [0.25, 0.3) is 11.1 Å². The molecule has 0 aromatic heterocycles. The standard InChI is InChI=1S/C34H32N2O/c1-35(2)28-19-15-25(16-20-28)31-30(24-11-7-5-8-12-24)32(37)34(26-13-9-6-10-14-26)23-33(31,34)27-17-21-29(22-18-27)36(3)4/h5-22H,23H2,1-4H3/t33-,34+/m0/s1. The topological polar surface area (TPSA) is 23.6 Å². The Morgan fingerprint density at radius 2 is 1.03 bits per heavy atom. The number of rotatable bonds is 6. The molecule has 6 rings (SSSR count). The third-order valence-electron chi connectivity index (χ3n) is 8.30. The number of fused-ring (bicyclic) bond motifs is 1. The number of anilines is 2. The quantitative estimate of drug-likeness (QED) is 0.308. The molecular formula is C34H32N2O. The van der Waals surface area contributed by atoms with Crippen molar-refractivity contribution in [3.05, 3.63) is 131 Å². The molecular weight excluding hydrogens is 452 g/mol. The van der Waals surface area contributed by atoms with Gasteiger partial charge in [0.1, 0.15) is 0 Å². The van der Waals surface area contributed by atoms with Crippen molar-refractivity contribution < 1.29 is 4.79 Å². The highest BCUT2D eigenvalue weighted by molar-refractivity contribution is 6.40. The zero-order valence-electron chi connectivity index (χ0n) is 21.9. The van der Waals surface area contributed by atoms with Crippen molar-refractivity contribution >= 4 is 28.3 Å². The molecule has 0 saturated heterocycles. The van der Waals surface area contributed by atoms with Crippen LogP contribution >= 0.6 is 0 Å². The number of carbonyl (C=O) groups is 1. The number of allylic oxidation sites excluding steroid dienone is 2. The molecule has 3 heteroatoms. The number of Topliss-reactive ketones (excluding diaryl/α,β-unsaturated/α-hetero) is 1. The van der Waals surface area contributed by atoms with Crippen molar-refractivity contribution in [1.82, 2.24) is 0 Å². The van der Waals surface area contributed by atoms with E-state index in [0.717, 1.165) is 45.6 Å². The SMILES string of the molecule is CN(C)c1ccc(C2=C(c3ccccc3)C(=O)[C@]3(c4ccccc4)C[C@]23c2ccc(N(C)C)cc2)cc1. The van der Waals surface area contributed by atoms with Crippen LogP contribution in [0, 0.1) is 0 Å². The van der Waals surface area contributed by atoms with E-state index in [9.17, 15) is 4.79 Å². The molecule has 0 heterocycles. The summed E-state index contributed by atoms with van der Waals surface area (Å²) in [6.45, 7) is 0. The molecule has 4 aromatic carbocycles. The van der Waals surface area contributed by atoms with Crippen LogP contribution in [0.1, 0.15) is 28.7 Å². The third kappa shape index (κ3) is 3.30. The molecule has 2 aliphatic rings. The molecule has 1 fully saturated rings. The lowest BCUT2D eigenvalue weighted by atomic mass is 9.78. The first-order valence-electron chi connectivity index (χ1n) is 12.9. The first-order chi connectivity index (χ1) is 17.9. The lowest BCUT2D eigenvalue weighted by Crippen LogP contribution is -2.25. The monoisotopic (exact) mass is 484 g/mol. The molecule has 4 aromatic rings. The highest BCUT2D eigenvalue weighted by atomic mass is 16.1. The summed E-state index contributed by atoms with van der Waals surface area (Å²) in [5, 5.41) is 0. The number of carbonyl (C=O) groups excluding carboxylic acids is 1. The minimum Gasteiger partial charge on any atom is -0.378 e. The van der Waals surface area contributed by atoms with Gasteiger partial charge in [0.2, 0.25) is 0 Å². The van der Waals surface area contributed by atoms with E-state index in [0.29, 0.717) is 0 Å². The van der Waals surface area contributed by atoms with E-state index in [1.807, 2.05) is 24.3 Å². The molecule has 184 valence electrons. The minimum absolute atomic E-state index is 0.230. The lowest BCUT2D eigenvalue weighted by molar-refractivity contribution is -0.115. The molecule has 0 spiro atoms. The van der Waals surface area contributed by atoms with Crippen molar-refractivity contribution in [2.24, 2.45) is 0 Å².